The normalized spacial score (nSPS) is 18.9. The number of rotatable bonds is 6. The second kappa shape index (κ2) is 8.31. The van der Waals surface area contributed by atoms with Gasteiger partial charge in [0.15, 0.2) is 0 Å². The molecule has 0 bridgehead atoms. The summed E-state index contributed by atoms with van der Waals surface area (Å²) in [5.41, 5.74) is 0. The van der Waals surface area contributed by atoms with E-state index in [0.717, 1.165) is 70.0 Å². The molecule has 0 radical (unpaired) electrons. The third-order valence-corrected chi connectivity index (χ3v) is 5.17. The maximum Gasteiger partial charge on any atom is 0.222 e. The summed E-state index contributed by atoms with van der Waals surface area (Å²) in [6.07, 6.45) is 8.05. The number of nitrogens with zero attached hydrogens (tertiary/aromatic N) is 4. The Labute approximate surface area is 144 Å². The lowest BCUT2D eigenvalue weighted by atomic mass is 9.92. The summed E-state index contributed by atoms with van der Waals surface area (Å²) in [5.74, 6) is 2.93. The van der Waals surface area contributed by atoms with Gasteiger partial charge in [0.2, 0.25) is 5.91 Å². The lowest BCUT2D eigenvalue weighted by Crippen LogP contribution is -2.35. The minimum atomic E-state index is 0.362. The summed E-state index contributed by atoms with van der Waals surface area (Å²) in [4.78, 5) is 25.2. The second-order valence-electron chi connectivity index (χ2n) is 6.85. The molecule has 2 saturated heterocycles. The molecule has 6 heteroatoms. The monoisotopic (exact) mass is 331 g/mol. The molecule has 2 aliphatic rings. The zero-order valence-electron chi connectivity index (χ0n) is 14.7. The quantitative estimate of drug-likeness (QED) is 0.868. The lowest BCUT2D eigenvalue weighted by molar-refractivity contribution is -0.130. The van der Waals surface area contributed by atoms with E-state index in [0.29, 0.717) is 11.8 Å². The number of piperidine rings is 1. The molecule has 0 unspecified atom stereocenters. The van der Waals surface area contributed by atoms with E-state index in [1.807, 2.05) is 11.0 Å². The fraction of sp³-hybridized carbons (Fsp3) is 0.722. The van der Waals surface area contributed by atoms with E-state index in [-0.39, 0.29) is 0 Å². The van der Waals surface area contributed by atoms with Gasteiger partial charge in [-0.3, -0.25) is 4.79 Å². The van der Waals surface area contributed by atoms with Gasteiger partial charge in [-0.25, -0.2) is 9.97 Å². The van der Waals surface area contributed by atoms with E-state index in [1.165, 1.54) is 12.8 Å². The highest BCUT2D eigenvalue weighted by atomic mass is 16.2. The molecule has 1 N–H and O–H groups in total. The molecule has 0 aromatic carbocycles. The van der Waals surface area contributed by atoms with Crippen molar-refractivity contribution in [2.45, 2.75) is 45.4 Å². The van der Waals surface area contributed by atoms with Crippen LogP contribution in [0, 0.1) is 5.92 Å². The molecule has 132 valence electrons. The summed E-state index contributed by atoms with van der Waals surface area (Å²) < 4.78 is 0. The van der Waals surface area contributed by atoms with Crippen molar-refractivity contribution in [1.82, 2.24) is 14.9 Å². The lowest BCUT2D eigenvalue weighted by Gasteiger charge is -2.33. The number of hydrogen-bond acceptors (Lipinski definition) is 5. The SMILES string of the molecule is CCNc1cc(N2CCC(CCC(=O)N3CCCC3)CC2)ncn1. The van der Waals surface area contributed by atoms with E-state index in [1.54, 1.807) is 6.33 Å². The van der Waals surface area contributed by atoms with Crippen LogP contribution in [-0.4, -0.2) is 53.5 Å². The number of likely N-dealkylation sites (tertiary alicyclic amines) is 1. The topological polar surface area (TPSA) is 61.4 Å². The highest BCUT2D eigenvalue weighted by molar-refractivity contribution is 5.76. The van der Waals surface area contributed by atoms with Gasteiger partial charge in [0.05, 0.1) is 0 Å². The van der Waals surface area contributed by atoms with Gasteiger partial charge < -0.3 is 15.1 Å². The minimum absolute atomic E-state index is 0.362. The first kappa shape index (κ1) is 17.0. The highest BCUT2D eigenvalue weighted by Gasteiger charge is 2.23. The van der Waals surface area contributed by atoms with Crippen LogP contribution in [0.15, 0.2) is 12.4 Å². The molecule has 3 heterocycles. The van der Waals surface area contributed by atoms with Gasteiger partial charge in [-0.15, -0.1) is 0 Å². The molecule has 2 aliphatic heterocycles. The second-order valence-corrected chi connectivity index (χ2v) is 6.85. The van der Waals surface area contributed by atoms with Crippen LogP contribution in [0.4, 0.5) is 11.6 Å². The smallest absolute Gasteiger partial charge is 0.222 e. The van der Waals surface area contributed by atoms with Crippen LogP contribution in [0.5, 0.6) is 0 Å². The van der Waals surface area contributed by atoms with Crippen LogP contribution in [0.2, 0.25) is 0 Å². The van der Waals surface area contributed by atoms with Crippen molar-refractivity contribution in [3.05, 3.63) is 12.4 Å². The van der Waals surface area contributed by atoms with Gasteiger partial charge in [0.25, 0.3) is 0 Å². The van der Waals surface area contributed by atoms with Crippen LogP contribution < -0.4 is 10.2 Å². The van der Waals surface area contributed by atoms with E-state index < -0.39 is 0 Å². The van der Waals surface area contributed by atoms with Gasteiger partial charge in [0, 0.05) is 45.2 Å². The largest absolute Gasteiger partial charge is 0.370 e. The zero-order valence-corrected chi connectivity index (χ0v) is 14.7. The number of carbonyl (C=O) groups excluding carboxylic acids is 1. The van der Waals surface area contributed by atoms with Crippen molar-refractivity contribution in [3.8, 4) is 0 Å². The molecule has 1 aromatic heterocycles. The number of nitrogens with one attached hydrogen (secondary N) is 1. The van der Waals surface area contributed by atoms with Crippen LogP contribution >= 0.6 is 0 Å². The molecule has 3 rings (SSSR count). The first-order chi connectivity index (χ1) is 11.8. The molecule has 24 heavy (non-hydrogen) atoms. The number of amides is 1. The maximum atomic E-state index is 12.2. The van der Waals surface area contributed by atoms with E-state index in [9.17, 15) is 4.79 Å². The van der Waals surface area contributed by atoms with E-state index >= 15 is 0 Å². The number of anilines is 2. The number of hydrogen-bond donors (Lipinski definition) is 1. The Bertz CT molecular complexity index is 536. The third-order valence-electron chi connectivity index (χ3n) is 5.17. The predicted octanol–water partition coefficient (Wildman–Crippen LogP) is 2.53. The fourth-order valence-corrected chi connectivity index (χ4v) is 3.70. The first-order valence-electron chi connectivity index (χ1n) is 9.35. The number of aromatic nitrogens is 2. The molecule has 0 aliphatic carbocycles. The Kier molecular flexibility index (Phi) is 5.88. The molecule has 1 aromatic rings. The Morgan fingerprint density at radius 1 is 1.21 bits per heavy atom. The van der Waals surface area contributed by atoms with Gasteiger partial charge in [-0.1, -0.05) is 0 Å². The average Bonchev–Trinajstić information content (AvgIpc) is 3.15. The van der Waals surface area contributed by atoms with Crippen LogP contribution in [0.3, 0.4) is 0 Å². The Hall–Kier alpha value is -1.85. The van der Waals surface area contributed by atoms with E-state index in [4.69, 9.17) is 0 Å². The molecule has 2 fully saturated rings. The molecule has 0 saturated carbocycles. The van der Waals surface area contributed by atoms with Gasteiger partial charge in [0.1, 0.15) is 18.0 Å². The van der Waals surface area contributed by atoms with Crippen LogP contribution in [-0.2, 0) is 4.79 Å². The van der Waals surface area contributed by atoms with Crippen LogP contribution in [0.25, 0.3) is 0 Å². The zero-order chi connectivity index (χ0) is 16.8. The van der Waals surface area contributed by atoms with Crippen molar-refractivity contribution in [1.29, 1.82) is 0 Å². The highest BCUT2D eigenvalue weighted by Crippen LogP contribution is 2.26. The third kappa shape index (κ3) is 4.36. The van der Waals surface area contributed by atoms with Crippen molar-refractivity contribution >= 4 is 17.5 Å². The van der Waals surface area contributed by atoms with Crippen molar-refractivity contribution in [3.63, 3.8) is 0 Å². The summed E-state index contributed by atoms with van der Waals surface area (Å²) in [5, 5.41) is 3.24. The van der Waals surface area contributed by atoms with E-state index in [2.05, 4.69) is 27.1 Å². The van der Waals surface area contributed by atoms with Crippen molar-refractivity contribution in [2.24, 2.45) is 5.92 Å². The van der Waals surface area contributed by atoms with Gasteiger partial charge in [-0.2, -0.15) is 0 Å². The fourth-order valence-electron chi connectivity index (χ4n) is 3.70. The number of carbonyl (C=O) groups is 1. The molecule has 0 atom stereocenters. The van der Waals surface area contributed by atoms with Crippen LogP contribution in [0.1, 0.15) is 45.4 Å². The summed E-state index contributed by atoms with van der Waals surface area (Å²) in [7, 11) is 0. The summed E-state index contributed by atoms with van der Waals surface area (Å²) in [6.45, 7) is 6.91. The van der Waals surface area contributed by atoms with Gasteiger partial charge >= 0.3 is 0 Å². The Morgan fingerprint density at radius 2 is 1.96 bits per heavy atom. The maximum absolute atomic E-state index is 12.2. The first-order valence-corrected chi connectivity index (χ1v) is 9.35. The van der Waals surface area contributed by atoms with Crippen molar-refractivity contribution < 1.29 is 4.79 Å². The standard InChI is InChI=1S/C18H29N5O/c1-2-19-16-13-17(21-14-20-16)22-11-7-15(8-12-22)5-6-18(24)23-9-3-4-10-23/h13-15H,2-12H2,1H3,(H,19,20,21). The molecular formula is C18H29N5O. The summed E-state index contributed by atoms with van der Waals surface area (Å²) in [6, 6.07) is 2.03. The molecule has 6 nitrogen and oxygen atoms in total. The average molecular weight is 331 g/mol. The Balaban J connectivity index is 1.43. The predicted molar refractivity (Wildman–Crippen MR) is 96.2 cm³/mol. The molecule has 0 spiro atoms. The van der Waals surface area contributed by atoms with Crippen molar-refractivity contribution in [2.75, 3.05) is 42.9 Å². The van der Waals surface area contributed by atoms with Gasteiger partial charge in [-0.05, 0) is 44.9 Å². The summed E-state index contributed by atoms with van der Waals surface area (Å²) >= 11 is 0. The molecule has 1 amide bonds. The molecular weight excluding hydrogens is 302 g/mol. The Morgan fingerprint density at radius 3 is 2.67 bits per heavy atom. The minimum Gasteiger partial charge on any atom is -0.370 e.